The Labute approximate surface area is 156 Å². The molecule has 0 aliphatic carbocycles. The van der Waals surface area contributed by atoms with Crippen LogP contribution >= 0.6 is 0 Å². The lowest BCUT2D eigenvalue weighted by Gasteiger charge is -2.34. The maximum Gasteiger partial charge on any atom is 0.339 e. The van der Waals surface area contributed by atoms with Crippen molar-refractivity contribution in [1.82, 2.24) is 9.78 Å². The van der Waals surface area contributed by atoms with Crippen LogP contribution in [0.25, 0.3) is 0 Å². The number of nitrogens with zero attached hydrogens (tertiary/aromatic N) is 3. The number of benzene rings is 2. The molecule has 27 heavy (non-hydrogen) atoms. The first kappa shape index (κ1) is 17.0. The molecule has 1 amide bonds. The van der Waals surface area contributed by atoms with E-state index in [0.717, 1.165) is 17.7 Å². The monoisotopic (exact) mass is 361 g/mol. The maximum absolute atomic E-state index is 13.0. The quantitative estimate of drug-likeness (QED) is 0.774. The van der Waals surface area contributed by atoms with E-state index in [9.17, 15) is 14.7 Å². The molecule has 4 rings (SSSR count). The summed E-state index contributed by atoms with van der Waals surface area (Å²) in [5.41, 5.74) is 3.21. The van der Waals surface area contributed by atoms with Gasteiger partial charge in [-0.15, -0.1) is 0 Å². The van der Waals surface area contributed by atoms with Crippen molar-refractivity contribution in [2.24, 2.45) is 0 Å². The molecule has 0 unspecified atom stereocenters. The number of amides is 1. The van der Waals surface area contributed by atoms with Gasteiger partial charge in [-0.05, 0) is 36.6 Å². The van der Waals surface area contributed by atoms with Crippen molar-refractivity contribution < 1.29 is 14.7 Å². The number of hydrogen-bond acceptors (Lipinski definition) is 3. The third-order valence-corrected chi connectivity index (χ3v) is 4.83. The number of carboxylic acids is 1. The summed E-state index contributed by atoms with van der Waals surface area (Å²) in [6, 6.07) is 17.9. The molecule has 1 aliphatic heterocycles. The van der Waals surface area contributed by atoms with Gasteiger partial charge < -0.3 is 10.0 Å². The number of rotatable bonds is 4. The molecule has 6 nitrogen and oxygen atoms in total. The summed E-state index contributed by atoms with van der Waals surface area (Å²) in [6.45, 7) is 2.39. The van der Waals surface area contributed by atoms with Crippen molar-refractivity contribution in [3.63, 3.8) is 0 Å². The highest BCUT2D eigenvalue weighted by Crippen LogP contribution is 2.27. The van der Waals surface area contributed by atoms with Gasteiger partial charge in [0.15, 0.2) is 0 Å². The summed E-state index contributed by atoms with van der Waals surface area (Å²) in [5.74, 6) is -1.48. The van der Waals surface area contributed by atoms with Gasteiger partial charge in [-0.25, -0.2) is 4.79 Å². The van der Waals surface area contributed by atoms with Gasteiger partial charge in [0.25, 0.3) is 5.91 Å². The smallest absolute Gasteiger partial charge is 0.339 e. The Morgan fingerprint density at radius 2 is 1.78 bits per heavy atom. The zero-order valence-corrected chi connectivity index (χ0v) is 14.9. The first-order chi connectivity index (χ1) is 13.0. The minimum absolute atomic E-state index is 0.0578. The normalized spacial score (nSPS) is 16.3. The summed E-state index contributed by atoms with van der Waals surface area (Å²) < 4.78 is 1.48. The lowest BCUT2D eigenvalue weighted by Crippen LogP contribution is -2.47. The molecule has 0 bridgehead atoms. The number of aromatic carboxylic acids is 1. The minimum Gasteiger partial charge on any atom is -0.478 e. The van der Waals surface area contributed by atoms with Crippen LogP contribution in [0.3, 0.4) is 0 Å². The third kappa shape index (κ3) is 3.10. The van der Waals surface area contributed by atoms with E-state index < -0.39 is 5.97 Å². The zero-order chi connectivity index (χ0) is 19.0. The number of carbonyl (C=O) groups excluding carboxylic acids is 1. The summed E-state index contributed by atoms with van der Waals surface area (Å²) >= 11 is 0. The number of fused-ring (bicyclic) bond motifs is 1. The van der Waals surface area contributed by atoms with Crippen LogP contribution in [0.5, 0.6) is 0 Å². The molecule has 2 heterocycles. The van der Waals surface area contributed by atoms with E-state index >= 15 is 0 Å². The standard InChI is InChI=1S/C21H19N3O3/c1-14-13-23-19(18(12-22-23)21(26)27)20(25)24(14)17-9-7-16(8-10-17)11-15-5-3-2-4-6-15/h2-10,12,14H,11,13H2,1H3,(H,26,27)/t14-/m1/s1. The van der Waals surface area contributed by atoms with Crippen LogP contribution in [0.1, 0.15) is 38.9 Å². The second-order valence-electron chi connectivity index (χ2n) is 6.75. The van der Waals surface area contributed by atoms with Crippen LogP contribution in [0.15, 0.2) is 60.8 Å². The van der Waals surface area contributed by atoms with Crippen LogP contribution in [-0.2, 0) is 13.0 Å². The average Bonchev–Trinajstić information content (AvgIpc) is 3.08. The molecule has 1 aliphatic rings. The topological polar surface area (TPSA) is 75.4 Å². The molecule has 3 aromatic rings. The van der Waals surface area contributed by atoms with Crippen molar-refractivity contribution >= 4 is 17.6 Å². The minimum atomic E-state index is -1.14. The highest BCUT2D eigenvalue weighted by molar-refractivity contribution is 6.11. The van der Waals surface area contributed by atoms with Gasteiger partial charge in [0, 0.05) is 5.69 Å². The Hall–Kier alpha value is -3.41. The van der Waals surface area contributed by atoms with Gasteiger partial charge in [0.1, 0.15) is 11.3 Å². The number of hydrogen-bond donors (Lipinski definition) is 1. The summed E-state index contributed by atoms with van der Waals surface area (Å²) in [6.07, 6.45) is 2.06. The molecule has 0 fully saturated rings. The van der Waals surface area contributed by atoms with Gasteiger partial charge in [0.05, 0.1) is 18.8 Å². The Balaban J connectivity index is 1.62. The fourth-order valence-electron chi connectivity index (χ4n) is 3.53. The highest BCUT2D eigenvalue weighted by atomic mass is 16.4. The van der Waals surface area contributed by atoms with Gasteiger partial charge in [-0.3, -0.25) is 9.48 Å². The molecule has 1 atom stereocenters. The number of carbonyl (C=O) groups is 2. The largest absolute Gasteiger partial charge is 0.478 e. The molecule has 2 aromatic carbocycles. The molecule has 6 heteroatoms. The van der Waals surface area contributed by atoms with E-state index in [-0.39, 0.29) is 23.2 Å². The number of carboxylic acid groups (broad SMARTS) is 1. The predicted octanol–water partition coefficient (Wildman–Crippen LogP) is 3.22. The van der Waals surface area contributed by atoms with Gasteiger partial charge in [-0.1, -0.05) is 42.5 Å². The molecular formula is C21H19N3O3. The molecule has 0 spiro atoms. The molecule has 0 radical (unpaired) electrons. The first-order valence-corrected chi connectivity index (χ1v) is 8.80. The van der Waals surface area contributed by atoms with Crippen LogP contribution in [0, 0.1) is 0 Å². The lowest BCUT2D eigenvalue weighted by atomic mass is 10.0. The van der Waals surface area contributed by atoms with E-state index in [4.69, 9.17) is 0 Å². The molecular weight excluding hydrogens is 342 g/mol. The van der Waals surface area contributed by atoms with Gasteiger partial charge in [-0.2, -0.15) is 5.10 Å². The van der Waals surface area contributed by atoms with E-state index in [0.29, 0.717) is 6.54 Å². The zero-order valence-electron chi connectivity index (χ0n) is 14.9. The second-order valence-corrected chi connectivity index (χ2v) is 6.75. The van der Waals surface area contributed by atoms with Crippen LogP contribution in [0.2, 0.25) is 0 Å². The molecule has 0 saturated heterocycles. The third-order valence-electron chi connectivity index (χ3n) is 4.83. The van der Waals surface area contributed by atoms with Crippen molar-refractivity contribution in [2.75, 3.05) is 4.90 Å². The van der Waals surface area contributed by atoms with Gasteiger partial charge >= 0.3 is 5.97 Å². The molecule has 1 aromatic heterocycles. The predicted molar refractivity (Wildman–Crippen MR) is 101 cm³/mol. The van der Waals surface area contributed by atoms with Crippen molar-refractivity contribution in [2.45, 2.75) is 25.9 Å². The van der Waals surface area contributed by atoms with E-state index in [1.165, 1.54) is 16.4 Å². The Morgan fingerprint density at radius 1 is 1.11 bits per heavy atom. The van der Waals surface area contributed by atoms with Crippen molar-refractivity contribution in [1.29, 1.82) is 0 Å². The van der Waals surface area contributed by atoms with Crippen molar-refractivity contribution in [3.8, 4) is 0 Å². The number of aromatic nitrogens is 2. The first-order valence-electron chi connectivity index (χ1n) is 8.80. The molecule has 136 valence electrons. The van der Waals surface area contributed by atoms with Crippen molar-refractivity contribution in [3.05, 3.63) is 83.2 Å². The maximum atomic E-state index is 13.0. The number of anilines is 1. The average molecular weight is 361 g/mol. The fraction of sp³-hybridized carbons (Fsp3) is 0.190. The highest BCUT2D eigenvalue weighted by Gasteiger charge is 2.35. The Bertz CT molecular complexity index is 993. The Morgan fingerprint density at radius 3 is 2.44 bits per heavy atom. The fourth-order valence-corrected chi connectivity index (χ4v) is 3.53. The van der Waals surface area contributed by atoms with E-state index in [1.807, 2.05) is 49.4 Å². The SMILES string of the molecule is C[C@@H]1Cn2ncc(C(=O)O)c2C(=O)N1c1ccc(Cc2ccccc2)cc1. The van der Waals surface area contributed by atoms with Crippen LogP contribution in [-0.4, -0.2) is 32.8 Å². The van der Waals surface area contributed by atoms with Crippen LogP contribution < -0.4 is 4.90 Å². The summed E-state index contributed by atoms with van der Waals surface area (Å²) in [7, 11) is 0. The van der Waals surface area contributed by atoms with E-state index in [1.54, 1.807) is 4.90 Å². The van der Waals surface area contributed by atoms with E-state index in [2.05, 4.69) is 17.2 Å². The Kier molecular flexibility index (Phi) is 4.24. The molecule has 0 saturated carbocycles. The van der Waals surface area contributed by atoms with Gasteiger partial charge in [0.2, 0.25) is 0 Å². The van der Waals surface area contributed by atoms with Crippen LogP contribution in [0.4, 0.5) is 5.69 Å². The lowest BCUT2D eigenvalue weighted by molar-refractivity contribution is 0.0690. The second kappa shape index (κ2) is 6.72. The molecule has 1 N–H and O–H groups in total. The summed E-state index contributed by atoms with van der Waals surface area (Å²) in [5, 5.41) is 13.4. The summed E-state index contributed by atoms with van der Waals surface area (Å²) in [4.78, 5) is 26.0.